The van der Waals surface area contributed by atoms with Crippen LogP contribution in [0, 0.1) is 5.92 Å². The molecule has 0 amide bonds. The van der Waals surface area contributed by atoms with E-state index in [4.69, 9.17) is 24.1 Å². The Kier molecular flexibility index (Phi) is 4.47. The molecule has 0 aromatic rings. The van der Waals surface area contributed by atoms with Gasteiger partial charge in [0.2, 0.25) is 0 Å². The number of rotatable bonds is 6. The molecule has 0 radical (unpaired) electrons. The van der Waals surface area contributed by atoms with Gasteiger partial charge in [-0.25, -0.2) is 0 Å². The molecule has 2 bridgehead atoms. The smallest absolute Gasteiger partial charge is 0.306 e. The predicted molar refractivity (Wildman–Crippen MR) is 77.5 cm³/mol. The fourth-order valence-corrected chi connectivity index (χ4v) is 3.71. The van der Waals surface area contributed by atoms with Crippen LogP contribution in [0.25, 0.3) is 0 Å². The zero-order chi connectivity index (χ0) is 15.8. The summed E-state index contributed by atoms with van der Waals surface area (Å²) in [6.07, 6.45) is 3.87. The molecule has 3 aliphatic heterocycles. The molecule has 0 saturated carbocycles. The lowest BCUT2D eigenvalue weighted by atomic mass is 9.89. The van der Waals surface area contributed by atoms with E-state index in [-0.39, 0.29) is 23.9 Å². The molecule has 0 aromatic heterocycles. The lowest BCUT2D eigenvalue weighted by Crippen LogP contribution is -2.57. The van der Waals surface area contributed by atoms with Crippen molar-refractivity contribution < 1.29 is 28.8 Å². The van der Waals surface area contributed by atoms with Crippen LogP contribution in [0.3, 0.4) is 0 Å². The Morgan fingerprint density at radius 1 is 1.36 bits per heavy atom. The van der Waals surface area contributed by atoms with E-state index in [1.165, 1.54) is 0 Å². The lowest BCUT2D eigenvalue weighted by Gasteiger charge is -2.45. The minimum absolute atomic E-state index is 0.0363. The Morgan fingerprint density at radius 3 is 2.77 bits per heavy atom. The van der Waals surface area contributed by atoms with Gasteiger partial charge in [0, 0.05) is 0 Å². The molecule has 4 unspecified atom stereocenters. The summed E-state index contributed by atoms with van der Waals surface area (Å²) in [5.41, 5.74) is -0.786. The van der Waals surface area contributed by atoms with E-state index in [9.17, 15) is 4.79 Å². The molecule has 1 N–H and O–H groups in total. The zero-order valence-corrected chi connectivity index (χ0v) is 13.4. The Labute approximate surface area is 131 Å². The van der Waals surface area contributed by atoms with Gasteiger partial charge in [0.25, 0.3) is 0 Å². The molecule has 3 heterocycles. The molecule has 6 nitrogen and oxygen atoms in total. The first-order valence-corrected chi connectivity index (χ1v) is 8.23. The Hall–Kier alpha value is -0.690. The summed E-state index contributed by atoms with van der Waals surface area (Å²) >= 11 is 0. The number of carboxylic acid groups (broad SMARTS) is 1. The van der Waals surface area contributed by atoms with E-state index in [1.54, 1.807) is 6.92 Å². The van der Waals surface area contributed by atoms with Crippen LogP contribution < -0.4 is 0 Å². The first-order valence-electron chi connectivity index (χ1n) is 8.23. The van der Waals surface area contributed by atoms with Crippen LogP contribution in [-0.2, 0) is 23.7 Å². The largest absolute Gasteiger partial charge is 0.481 e. The summed E-state index contributed by atoms with van der Waals surface area (Å²) < 4.78 is 23.7. The van der Waals surface area contributed by atoms with Gasteiger partial charge in [0.15, 0.2) is 6.29 Å². The van der Waals surface area contributed by atoms with Crippen molar-refractivity contribution in [2.45, 2.75) is 69.5 Å². The van der Waals surface area contributed by atoms with Crippen molar-refractivity contribution in [3.63, 3.8) is 0 Å². The van der Waals surface area contributed by atoms with E-state index in [0.717, 1.165) is 25.7 Å². The summed E-state index contributed by atoms with van der Waals surface area (Å²) in [7, 11) is 0. The summed E-state index contributed by atoms with van der Waals surface area (Å²) in [6, 6.07) is 0. The van der Waals surface area contributed by atoms with Crippen molar-refractivity contribution in [2.24, 2.45) is 5.92 Å². The van der Waals surface area contributed by atoms with Gasteiger partial charge in [-0.1, -0.05) is 6.92 Å². The second-order valence-corrected chi connectivity index (χ2v) is 7.02. The maximum Gasteiger partial charge on any atom is 0.306 e. The van der Waals surface area contributed by atoms with E-state index in [1.807, 2.05) is 0 Å². The molecule has 3 rings (SSSR count). The number of hydrogen-bond acceptors (Lipinski definition) is 5. The molecule has 0 spiro atoms. The van der Waals surface area contributed by atoms with Crippen molar-refractivity contribution in [2.75, 3.05) is 19.8 Å². The first kappa shape index (κ1) is 16.2. The highest BCUT2D eigenvalue weighted by Crippen LogP contribution is 2.47. The molecule has 0 aromatic carbocycles. The highest BCUT2D eigenvalue weighted by atomic mass is 16.7. The SMILES string of the molecule is CC(CCCC1(C)OCC2(C3OCCO3)CCC1O2)C(=O)O. The molecule has 3 fully saturated rings. The first-order chi connectivity index (χ1) is 10.5. The van der Waals surface area contributed by atoms with E-state index < -0.39 is 11.6 Å². The second-order valence-electron chi connectivity index (χ2n) is 7.02. The summed E-state index contributed by atoms with van der Waals surface area (Å²) in [5.74, 6) is -1.04. The van der Waals surface area contributed by atoms with Crippen LogP contribution in [0.15, 0.2) is 0 Å². The van der Waals surface area contributed by atoms with Crippen molar-refractivity contribution in [1.82, 2.24) is 0 Å². The van der Waals surface area contributed by atoms with Gasteiger partial charge in [0.1, 0.15) is 5.60 Å². The normalized spacial score (nSPS) is 40.0. The predicted octanol–water partition coefficient (Wildman–Crippen LogP) is 1.96. The van der Waals surface area contributed by atoms with Crippen LogP contribution in [0.2, 0.25) is 0 Å². The maximum atomic E-state index is 10.9. The molecule has 126 valence electrons. The second kappa shape index (κ2) is 6.07. The van der Waals surface area contributed by atoms with Crippen molar-refractivity contribution in [3.05, 3.63) is 0 Å². The third kappa shape index (κ3) is 2.89. The standard InChI is InChI=1S/C16H26O6/c1-11(13(17)18)4-3-6-15(2)12-5-7-16(22-12,10-21-15)14-19-8-9-20-14/h11-12,14H,3-10H2,1-2H3,(H,17,18). The molecular formula is C16H26O6. The van der Waals surface area contributed by atoms with Crippen LogP contribution >= 0.6 is 0 Å². The molecule has 0 aliphatic carbocycles. The topological polar surface area (TPSA) is 74.2 Å². The summed E-state index contributed by atoms with van der Waals surface area (Å²) in [4.78, 5) is 10.9. The molecule has 22 heavy (non-hydrogen) atoms. The van der Waals surface area contributed by atoms with Gasteiger partial charge in [-0.3, -0.25) is 4.79 Å². The molecule has 6 heteroatoms. The van der Waals surface area contributed by atoms with Crippen LogP contribution in [0.5, 0.6) is 0 Å². The quantitative estimate of drug-likeness (QED) is 0.808. The van der Waals surface area contributed by atoms with Crippen molar-refractivity contribution in [1.29, 1.82) is 0 Å². The van der Waals surface area contributed by atoms with Gasteiger partial charge in [0.05, 0.1) is 37.4 Å². The van der Waals surface area contributed by atoms with E-state index in [2.05, 4.69) is 6.92 Å². The fourth-order valence-electron chi connectivity index (χ4n) is 3.71. The summed E-state index contributed by atoms with van der Waals surface area (Å²) in [6.45, 7) is 5.54. The van der Waals surface area contributed by atoms with Crippen LogP contribution in [0.4, 0.5) is 0 Å². The number of carboxylic acids is 1. The number of fused-ring (bicyclic) bond motifs is 2. The highest BCUT2D eigenvalue weighted by molar-refractivity contribution is 5.69. The molecule has 3 saturated heterocycles. The Balaban J connectivity index is 1.55. The minimum Gasteiger partial charge on any atom is -0.481 e. The average Bonchev–Trinajstić information content (AvgIpc) is 3.13. The minimum atomic E-state index is -0.735. The number of carbonyl (C=O) groups is 1. The van der Waals surface area contributed by atoms with Gasteiger partial charge in [-0.05, 0) is 39.0 Å². The Bertz CT molecular complexity index is 421. The molecule has 4 atom stereocenters. The number of aliphatic carboxylic acids is 1. The number of hydrogen-bond donors (Lipinski definition) is 1. The fraction of sp³-hybridized carbons (Fsp3) is 0.938. The average molecular weight is 314 g/mol. The molecule has 3 aliphatic rings. The Morgan fingerprint density at radius 2 is 2.09 bits per heavy atom. The highest BCUT2D eigenvalue weighted by Gasteiger charge is 2.58. The summed E-state index contributed by atoms with van der Waals surface area (Å²) in [5, 5.41) is 8.96. The van der Waals surface area contributed by atoms with E-state index in [0.29, 0.717) is 26.2 Å². The third-order valence-electron chi connectivity index (χ3n) is 5.32. The monoisotopic (exact) mass is 314 g/mol. The van der Waals surface area contributed by atoms with Crippen LogP contribution in [-0.4, -0.2) is 54.5 Å². The van der Waals surface area contributed by atoms with Gasteiger partial charge >= 0.3 is 5.97 Å². The molecular weight excluding hydrogens is 288 g/mol. The van der Waals surface area contributed by atoms with Gasteiger partial charge in [-0.15, -0.1) is 0 Å². The maximum absolute atomic E-state index is 10.9. The lowest BCUT2D eigenvalue weighted by molar-refractivity contribution is -0.294. The van der Waals surface area contributed by atoms with Crippen molar-refractivity contribution >= 4 is 5.97 Å². The van der Waals surface area contributed by atoms with Gasteiger partial charge in [-0.2, -0.15) is 0 Å². The van der Waals surface area contributed by atoms with Crippen molar-refractivity contribution in [3.8, 4) is 0 Å². The third-order valence-corrected chi connectivity index (χ3v) is 5.32. The zero-order valence-electron chi connectivity index (χ0n) is 13.4. The number of ether oxygens (including phenoxy) is 4. The van der Waals surface area contributed by atoms with Gasteiger partial charge < -0.3 is 24.1 Å². The van der Waals surface area contributed by atoms with Crippen LogP contribution in [0.1, 0.15) is 46.0 Å². The van der Waals surface area contributed by atoms with E-state index >= 15 is 0 Å².